The van der Waals surface area contributed by atoms with E-state index in [9.17, 15) is 4.79 Å². The van der Waals surface area contributed by atoms with Crippen LogP contribution in [-0.4, -0.2) is 10.9 Å². The first-order valence-corrected chi connectivity index (χ1v) is 7.43. The maximum atomic E-state index is 12.3. The van der Waals surface area contributed by atoms with E-state index in [0.29, 0.717) is 5.92 Å². The maximum Gasteiger partial charge on any atom is 0.224 e. The van der Waals surface area contributed by atoms with Crippen LogP contribution < -0.4 is 5.32 Å². The van der Waals surface area contributed by atoms with Gasteiger partial charge in [0.15, 0.2) is 0 Å². The molecule has 0 aliphatic heterocycles. The van der Waals surface area contributed by atoms with Crippen LogP contribution in [-0.2, 0) is 4.79 Å². The van der Waals surface area contributed by atoms with Crippen LogP contribution in [0, 0.1) is 12.8 Å². The molecule has 3 unspecified atom stereocenters. The number of pyridine rings is 1. The Hall–Kier alpha value is -2.16. The molecule has 2 aromatic rings. The summed E-state index contributed by atoms with van der Waals surface area (Å²) in [6.45, 7) is 3.96. The third kappa shape index (κ3) is 3.13. The molecule has 108 valence electrons. The Morgan fingerprint density at radius 1 is 1.24 bits per heavy atom. The molecule has 0 radical (unpaired) electrons. The van der Waals surface area contributed by atoms with Gasteiger partial charge in [0, 0.05) is 17.8 Å². The molecule has 1 aromatic heterocycles. The van der Waals surface area contributed by atoms with E-state index in [4.69, 9.17) is 0 Å². The van der Waals surface area contributed by atoms with Gasteiger partial charge in [-0.25, -0.2) is 0 Å². The lowest BCUT2D eigenvalue weighted by atomic mass is 10.1. The molecule has 1 saturated carbocycles. The van der Waals surface area contributed by atoms with Gasteiger partial charge >= 0.3 is 0 Å². The van der Waals surface area contributed by atoms with Crippen LogP contribution in [0.1, 0.15) is 42.1 Å². The van der Waals surface area contributed by atoms with Crippen LogP contribution in [0.3, 0.4) is 0 Å². The number of rotatable bonds is 4. The molecule has 1 aliphatic rings. The Labute approximate surface area is 125 Å². The smallest absolute Gasteiger partial charge is 0.224 e. The maximum absolute atomic E-state index is 12.3. The number of nitrogens with zero attached hydrogens (tertiary/aromatic N) is 1. The minimum Gasteiger partial charge on any atom is -0.349 e. The predicted molar refractivity (Wildman–Crippen MR) is 82.8 cm³/mol. The highest BCUT2D eigenvalue weighted by molar-refractivity contribution is 5.83. The molecule has 3 rings (SSSR count). The van der Waals surface area contributed by atoms with Crippen LogP contribution in [0.25, 0.3) is 0 Å². The van der Waals surface area contributed by atoms with Gasteiger partial charge in [-0.05, 0) is 43.4 Å². The Morgan fingerprint density at radius 2 is 2.00 bits per heavy atom. The Morgan fingerprint density at radius 3 is 2.67 bits per heavy atom. The molecule has 3 atom stereocenters. The van der Waals surface area contributed by atoms with E-state index in [1.807, 2.05) is 50.4 Å². The number of aryl methyl sites for hydroxylation is 1. The van der Waals surface area contributed by atoms with Crippen molar-refractivity contribution in [2.45, 2.75) is 32.2 Å². The molecule has 1 heterocycles. The molecule has 3 heteroatoms. The van der Waals surface area contributed by atoms with Gasteiger partial charge in [-0.3, -0.25) is 9.78 Å². The van der Waals surface area contributed by atoms with E-state index in [-0.39, 0.29) is 17.9 Å². The van der Waals surface area contributed by atoms with E-state index in [2.05, 4.69) is 22.4 Å². The number of carbonyl (C=O) groups is 1. The lowest BCUT2D eigenvalue weighted by Crippen LogP contribution is -2.28. The van der Waals surface area contributed by atoms with Crippen LogP contribution in [0.4, 0.5) is 0 Å². The summed E-state index contributed by atoms with van der Waals surface area (Å²) < 4.78 is 0. The van der Waals surface area contributed by atoms with Gasteiger partial charge in [-0.1, -0.05) is 36.4 Å². The summed E-state index contributed by atoms with van der Waals surface area (Å²) in [4.78, 5) is 16.6. The normalized spacial score (nSPS) is 21.6. The van der Waals surface area contributed by atoms with E-state index in [1.165, 1.54) is 5.56 Å². The Bertz CT molecular complexity index is 621. The SMILES string of the molecule is Cc1ccc(C(C)NC(=O)C2CC2c2ccccc2)cn1. The predicted octanol–water partition coefficient (Wildman–Crippen LogP) is 3.37. The fraction of sp³-hybridized carbons (Fsp3) is 0.333. The van der Waals surface area contributed by atoms with E-state index in [1.54, 1.807) is 0 Å². The zero-order valence-electron chi connectivity index (χ0n) is 12.4. The van der Waals surface area contributed by atoms with Crippen LogP contribution >= 0.6 is 0 Å². The average molecular weight is 280 g/mol. The van der Waals surface area contributed by atoms with Crippen molar-refractivity contribution in [3.63, 3.8) is 0 Å². The van der Waals surface area contributed by atoms with Gasteiger partial charge in [0.25, 0.3) is 0 Å². The number of hydrogen-bond donors (Lipinski definition) is 1. The fourth-order valence-electron chi connectivity index (χ4n) is 2.69. The van der Waals surface area contributed by atoms with Gasteiger partial charge in [0.05, 0.1) is 6.04 Å². The van der Waals surface area contributed by atoms with Crippen molar-refractivity contribution in [2.24, 2.45) is 5.92 Å². The minimum absolute atomic E-state index is 0.00243. The fourth-order valence-corrected chi connectivity index (χ4v) is 2.69. The molecule has 1 fully saturated rings. The second-order valence-electron chi connectivity index (χ2n) is 5.82. The van der Waals surface area contributed by atoms with Gasteiger partial charge in [0.1, 0.15) is 0 Å². The van der Waals surface area contributed by atoms with Crippen molar-refractivity contribution in [1.29, 1.82) is 0 Å². The first-order valence-electron chi connectivity index (χ1n) is 7.43. The highest BCUT2D eigenvalue weighted by atomic mass is 16.2. The molecule has 21 heavy (non-hydrogen) atoms. The quantitative estimate of drug-likeness (QED) is 0.933. The Kier molecular flexibility index (Phi) is 3.74. The van der Waals surface area contributed by atoms with Gasteiger partial charge in [-0.2, -0.15) is 0 Å². The molecule has 3 nitrogen and oxygen atoms in total. The summed E-state index contributed by atoms with van der Waals surface area (Å²) in [5, 5.41) is 3.10. The summed E-state index contributed by atoms with van der Waals surface area (Å²) in [6, 6.07) is 14.3. The zero-order valence-corrected chi connectivity index (χ0v) is 12.4. The van der Waals surface area contributed by atoms with Crippen molar-refractivity contribution in [1.82, 2.24) is 10.3 Å². The van der Waals surface area contributed by atoms with E-state index in [0.717, 1.165) is 17.7 Å². The number of benzene rings is 1. The Balaban J connectivity index is 1.59. The highest BCUT2D eigenvalue weighted by Crippen LogP contribution is 2.47. The first-order chi connectivity index (χ1) is 10.1. The van der Waals surface area contributed by atoms with Crippen LogP contribution in [0.5, 0.6) is 0 Å². The molecule has 1 N–H and O–H groups in total. The van der Waals surface area contributed by atoms with E-state index < -0.39 is 0 Å². The summed E-state index contributed by atoms with van der Waals surface area (Å²) in [5.74, 6) is 0.653. The summed E-state index contributed by atoms with van der Waals surface area (Å²) in [5.41, 5.74) is 3.30. The van der Waals surface area contributed by atoms with Crippen molar-refractivity contribution >= 4 is 5.91 Å². The zero-order chi connectivity index (χ0) is 14.8. The highest BCUT2D eigenvalue weighted by Gasteiger charge is 2.44. The van der Waals surface area contributed by atoms with Gasteiger partial charge < -0.3 is 5.32 Å². The molecule has 0 bridgehead atoms. The van der Waals surface area contributed by atoms with E-state index >= 15 is 0 Å². The number of hydrogen-bond acceptors (Lipinski definition) is 2. The topological polar surface area (TPSA) is 42.0 Å². The summed E-state index contributed by atoms with van der Waals surface area (Å²) >= 11 is 0. The van der Waals surface area contributed by atoms with Crippen molar-refractivity contribution < 1.29 is 4.79 Å². The molecular formula is C18H20N2O. The number of aromatic nitrogens is 1. The molecule has 1 amide bonds. The number of carbonyl (C=O) groups excluding carboxylic acids is 1. The number of nitrogens with one attached hydrogen (secondary N) is 1. The minimum atomic E-state index is 0.00243. The molecule has 0 saturated heterocycles. The largest absolute Gasteiger partial charge is 0.349 e. The van der Waals surface area contributed by atoms with Crippen LogP contribution in [0.2, 0.25) is 0 Å². The average Bonchev–Trinajstić information content (AvgIpc) is 3.29. The van der Waals surface area contributed by atoms with Crippen molar-refractivity contribution in [3.8, 4) is 0 Å². The lowest BCUT2D eigenvalue weighted by Gasteiger charge is -2.14. The van der Waals surface area contributed by atoms with Crippen molar-refractivity contribution in [2.75, 3.05) is 0 Å². The standard InChI is InChI=1S/C18H20N2O/c1-12-8-9-15(11-19-12)13(2)20-18(21)17-10-16(17)14-6-4-3-5-7-14/h3-9,11,13,16-17H,10H2,1-2H3,(H,20,21). The second-order valence-corrected chi connectivity index (χ2v) is 5.82. The summed E-state index contributed by atoms with van der Waals surface area (Å²) in [6.07, 6.45) is 2.79. The second kappa shape index (κ2) is 5.68. The molecule has 0 spiro atoms. The van der Waals surface area contributed by atoms with Crippen molar-refractivity contribution in [3.05, 3.63) is 65.5 Å². The molecule has 1 aliphatic carbocycles. The van der Waals surface area contributed by atoms with Crippen LogP contribution in [0.15, 0.2) is 48.7 Å². The molecule has 1 aromatic carbocycles. The van der Waals surface area contributed by atoms with Gasteiger partial charge in [-0.15, -0.1) is 0 Å². The number of amides is 1. The lowest BCUT2D eigenvalue weighted by molar-refractivity contribution is -0.123. The third-order valence-corrected chi connectivity index (χ3v) is 4.15. The monoisotopic (exact) mass is 280 g/mol. The summed E-state index contributed by atoms with van der Waals surface area (Å²) in [7, 11) is 0. The first kappa shape index (κ1) is 13.8. The molecular weight excluding hydrogens is 260 g/mol. The third-order valence-electron chi connectivity index (χ3n) is 4.15. The van der Waals surface area contributed by atoms with Gasteiger partial charge in [0.2, 0.25) is 5.91 Å².